The second kappa shape index (κ2) is 8.72. The SMILES string of the molecule is CCn1c(CN(C=O)c2nc3cc[nH]c3nc2N)[n+](CC)c2ccc(C(=O)O)cc21.[Br-]. The smallest absolute Gasteiger partial charge is 0.335 e. The third kappa shape index (κ3) is 3.72. The quantitative estimate of drug-likeness (QED) is 0.219. The number of carboxylic acid groups (broad SMARTS) is 1. The van der Waals surface area contributed by atoms with Gasteiger partial charge in [-0.25, -0.2) is 23.9 Å². The maximum Gasteiger partial charge on any atom is 0.335 e. The monoisotopic (exact) mass is 487 g/mol. The number of anilines is 2. The third-order valence-corrected chi connectivity index (χ3v) is 5.16. The third-order valence-electron chi connectivity index (χ3n) is 5.16. The van der Waals surface area contributed by atoms with Gasteiger partial charge in [-0.3, -0.25) is 9.69 Å². The van der Waals surface area contributed by atoms with E-state index in [1.807, 2.05) is 18.4 Å². The summed E-state index contributed by atoms with van der Waals surface area (Å²) in [4.78, 5) is 36.6. The lowest BCUT2D eigenvalue weighted by Crippen LogP contribution is -3.00. The molecule has 0 spiro atoms. The molecule has 3 aromatic heterocycles. The fourth-order valence-corrected chi connectivity index (χ4v) is 3.80. The van der Waals surface area contributed by atoms with Crippen molar-refractivity contribution >= 4 is 46.2 Å². The van der Waals surface area contributed by atoms with E-state index in [9.17, 15) is 14.7 Å². The zero-order valence-electron chi connectivity index (χ0n) is 17.0. The number of imidazole rings is 1. The number of halogens is 1. The minimum absolute atomic E-state index is 0. The van der Waals surface area contributed by atoms with Gasteiger partial charge in [0, 0.05) is 12.3 Å². The number of nitrogens with one attached hydrogen (secondary N) is 1. The van der Waals surface area contributed by atoms with E-state index < -0.39 is 5.97 Å². The number of carboxylic acids is 1. The van der Waals surface area contributed by atoms with Crippen molar-refractivity contribution in [3.63, 3.8) is 0 Å². The summed E-state index contributed by atoms with van der Waals surface area (Å²) < 4.78 is 4.06. The molecule has 0 aliphatic heterocycles. The van der Waals surface area contributed by atoms with Gasteiger partial charge in [0.25, 0.3) is 5.82 Å². The van der Waals surface area contributed by atoms with Crippen molar-refractivity contribution in [1.29, 1.82) is 0 Å². The first-order valence-electron chi connectivity index (χ1n) is 9.59. The number of aryl methyl sites for hydroxylation is 2. The predicted molar refractivity (Wildman–Crippen MR) is 111 cm³/mol. The number of aromatic carboxylic acids is 1. The van der Waals surface area contributed by atoms with E-state index in [4.69, 9.17) is 5.73 Å². The highest BCUT2D eigenvalue weighted by atomic mass is 79.9. The molecule has 11 heteroatoms. The molecule has 0 saturated heterocycles. The first kappa shape index (κ1) is 22.2. The van der Waals surface area contributed by atoms with Gasteiger partial charge in [0.15, 0.2) is 28.3 Å². The fraction of sp³-hybridized carbons (Fsp3) is 0.250. The van der Waals surface area contributed by atoms with Crippen LogP contribution in [0.25, 0.3) is 22.2 Å². The van der Waals surface area contributed by atoms with Gasteiger partial charge in [0.05, 0.1) is 18.7 Å². The van der Waals surface area contributed by atoms with Crippen LogP contribution >= 0.6 is 0 Å². The number of hydrogen-bond donors (Lipinski definition) is 3. The van der Waals surface area contributed by atoms with Gasteiger partial charge in [0.1, 0.15) is 12.1 Å². The second-order valence-corrected chi connectivity index (χ2v) is 6.79. The van der Waals surface area contributed by atoms with Gasteiger partial charge in [-0.15, -0.1) is 0 Å². The number of nitrogens with zero attached hydrogens (tertiary/aromatic N) is 5. The number of nitrogen functional groups attached to an aromatic ring is 1. The number of nitrogens with two attached hydrogens (primary N) is 1. The largest absolute Gasteiger partial charge is 1.00 e. The zero-order chi connectivity index (χ0) is 21.4. The second-order valence-electron chi connectivity index (χ2n) is 6.79. The Balaban J connectivity index is 0.00000272. The molecule has 1 amide bonds. The highest BCUT2D eigenvalue weighted by molar-refractivity contribution is 5.92. The molecule has 31 heavy (non-hydrogen) atoms. The van der Waals surface area contributed by atoms with Gasteiger partial charge in [-0.2, -0.15) is 0 Å². The zero-order valence-corrected chi connectivity index (χ0v) is 18.6. The van der Waals surface area contributed by atoms with E-state index in [1.54, 1.807) is 30.5 Å². The van der Waals surface area contributed by atoms with Crippen LogP contribution in [0.1, 0.15) is 30.0 Å². The van der Waals surface area contributed by atoms with Gasteiger partial charge >= 0.3 is 5.97 Å². The van der Waals surface area contributed by atoms with E-state index in [2.05, 4.69) is 19.5 Å². The van der Waals surface area contributed by atoms with Gasteiger partial charge in [0.2, 0.25) is 6.41 Å². The average molecular weight is 488 g/mol. The Labute approximate surface area is 188 Å². The van der Waals surface area contributed by atoms with Crippen LogP contribution < -0.4 is 32.2 Å². The number of carbonyl (C=O) groups is 2. The molecule has 10 nitrogen and oxygen atoms in total. The minimum atomic E-state index is -0.984. The molecule has 0 aliphatic rings. The summed E-state index contributed by atoms with van der Waals surface area (Å²) >= 11 is 0. The standard InChI is InChI=1S/C20H21N7O3.BrH/c1-3-26-14-6-5-12(20(29)30)9-15(14)27(4-2)16(26)10-25(11-28)19-17(21)24-18-13(23-19)7-8-22-18;/h5-9,11H,3-4,10H2,1-2H3,(H3-,21,22,23,24,29,30);1H. The van der Waals surface area contributed by atoms with E-state index in [0.29, 0.717) is 30.7 Å². The topological polar surface area (TPSA) is 134 Å². The molecule has 162 valence electrons. The summed E-state index contributed by atoms with van der Waals surface area (Å²) in [5, 5.41) is 9.37. The number of H-pyrrole nitrogens is 1. The molecule has 0 unspecified atom stereocenters. The Morgan fingerprint density at radius 2 is 2.10 bits per heavy atom. The van der Waals surface area contributed by atoms with E-state index in [-0.39, 0.29) is 40.7 Å². The highest BCUT2D eigenvalue weighted by Gasteiger charge is 2.27. The summed E-state index contributed by atoms with van der Waals surface area (Å²) in [5.74, 6) is 0.272. The molecule has 0 radical (unpaired) electrons. The number of aromatic nitrogens is 5. The van der Waals surface area contributed by atoms with Gasteiger partial charge in [-0.1, -0.05) is 0 Å². The van der Waals surface area contributed by atoms with E-state index >= 15 is 0 Å². The molecule has 3 heterocycles. The van der Waals surface area contributed by atoms with Crippen molar-refractivity contribution in [2.24, 2.45) is 0 Å². The van der Waals surface area contributed by atoms with Gasteiger partial charge < -0.3 is 32.8 Å². The molecule has 4 N–H and O–H groups in total. The highest BCUT2D eigenvalue weighted by Crippen LogP contribution is 2.24. The van der Waals surface area contributed by atoms with E-state index in [1.165, 1.54) is 4.90 Å². The normalized spacial score (nSPS) is 10.9. The maximum absolute atomic E-state index is 12.0. The van der Waals surface area contributed by atoms with Crippen molar-refractivity contribution in [2.45, 2.75) is 33.5 Å². The maximum atomic E-state index is 12.0. The summed E-state index contributed by atoms with van der Waals surface area (Å²) in [6.07, 6.45) is 2.39. The minimum Gasteiger partial charge on any atom is -1.00 e. The number of hydrogen-bond acceptors (Lipinski definition) is 5. The lowest BCUT2D eigenvalue weighted by atomic mass is 10.2. The van der Waals surface area contributed by atoms with Crippen LogP contribution in [0, 0.1) is 0 Å². The number of aromatic amines is 1. The first-order valence-corrected chi connectivity index (χ1v) is 9.59. The van der Waals surface area contributed by atoms with E-state index in [0.717, 1.165) is 16.9 Å². The fourth-order valence-electron chi connectivity index (χ4n) is 3.80. The molecule has 1 aromatic carbocycles. The van der Waals surface area contributed by atoms with Crippen LogP contribution in [0.2, 0.25) is 0 Å². The Kier molecular flexibility index (Phi) is 6.25. The average Bonchev–Trinajstić information content (AvgIpc) is 3.31. The Morgan fingerprint density at radius 1 is 1.32 bits per heavy atom. The predicted octanol–water partition coefficient (Wildman–Crippen LogP) is -1.31. The lowest BCUT2D eigenvalue weighted by molar-refractivity contribution is -0.676. The number of amides is 1. The van der Waals surface area contributed by atoms with Crippen LogP contribution in [0.5, 0.6) is 0 Å². The number of benzene rings is 1. The Hall–Kier alpha value is -3.47. The molecular weight excluding hydrogens is 466 g/mol. The van der Waals surface area contributed by atoms with Crippen LogP contribution in [0.3, 0.4) is 0 Å². The Morgan fingerprint density at radius 3 is 2.74 bits per heavy atom. The molecule has 0 bridgehead atoms. The Bertz CT molecular complexity index is 1280. The summed E-state index contributed by atoms with van der Waals surface area (Å²) in [6, 6.07) is 6.80. The van der Waals surface area contributed by atoms with Crippen LogP contribution in [0.4, 0.5) is 11.6 Å². The van der Waals surface area contributed by atoms with Crippen LogP contribution in [-0.2, 0) is 24.4 Å². The van der Waals surface area contributed by atoms with Crippen molar-refractivity contribution in [3.05, 3.63) is 41.9 Å². The molecule has 0 fully saturated rings. The molecule has 0 saturated carbocycles. The molecule has 0 aliphatic carbocycles. The summed E-state index contributed by atoms with van der Waals surface area (Å²) in [5.41, 5.74) is 9.13. The lowest BCUT2D eigenvalue weighted by Gasteiger charge is -2.16. The van der Waals surface area contributed by atoms with Crippen molar-refractivity contribution in [2.75, 3.05) is 10.6 Å². The van der Waals surface area contributed by atoms with Crippen LogP contribution in [-0.4, -0.2) is 37.0 Å². The first-order chi connectivity index (χ1) is 14.5. The summed E-state index contributed by atoms with van der Waals surface area (Å²) in [7, 11) is 0. The molecular formula is C20H22BrN7O3. The number of carbonyl (C=O) groups excluding carboxylic acids is 1. The molecule has 0 atom stereocenters. The van der Waals surface area contributed by atoms with Gasteiger partial charge in [-0.05, 0) is 32.0 Å². The van der Waals surface area contributed by atoms with Crippen molar-refractivity contribution in [1.82, 2.24) is 19.5 Å². The number of fused-ring (bicyclic) bond motifs is 2. The molecule has 4 rings (SSSR count). The van der Waals surface area contributed by atoms with Crippen molar-refractivity contribution in [3.8, 4) is 0 Å². The van der Waals surface area contributed by atoms with Crippen LogP contribution in [0.15, 0.2) is 30.5 Å². The number of rotatable bonds is 7. The molecule has 4 aromatic rings. The van der Waals surface area contributed by atoms with Crippen molar-refractivity contribution < 1.29 is 36.2 Å². The summed E-state index contributed by atoms with van der Waals surface area (Å²) in [6.45, 7) is 5.43.